The van der Waals surface area contributed by atoms with E-state index in [-0.39, 0.29) is 6.03 Å². The zero-order valence-electron chi connectivity index (χ0n) is 13.5. The highest BCUT2D eigenvalue weighted by atomic mass is 16.2. The fourth-order valence-corrected chi connectivity index (χ4v) is 3.17. The molecule has 0 aliphatic carbocycles. The zero-order valence-corrected chi connectivity index (χ0v) is 13.5. The predicted octanol–water partition coefficient (Wildman–Crippen LogP) is 0.545. The van der Waals surface area contributed by atoms with E-state index < -0.39 is 0 Å². The second kappa shape index (κ2) is 5.38. The van der Waals surface area contributed by atoms with Crippen molar-refractivity contribution < 1.29 is 4.79 Å². The van der Waals surface area contributed by atoms with Crippen LogP contribution in [0.25, 0.3) is 0 Å². The van der Waals surface area contributed by atoms with Crippen LogP contribution >= 0.6 is 0 Å². The molecule has 0 spiro atoms. The molecule has 2 aliphatic heterocycles. The van der Waals surface area contributed by atoms with Crippen LogP contribution in [-0.2, 0) is 13.6 Å². The molecule has 8 heteroatoms. The van der Waals surface area contributed by atoms with Gasteiger partial charge in [-0.25, -0.2) is 9.78 Å². The van der Waals surface area contributed by atoms with Crippen molar-refractivity contribution in [2.24, 2.45) is 7.05 Å². The molecular formula is C15H21N7O. The highest BCUT2D eigenvalue weighted by molar-refractivity contribution is 5.93. The summed E-state index contributed by atoms with van der Waals surface area (Å²) in [4.78, 5) is 22.2. The van der Waals surface area contributed by atoms with Crippen molar-refractivity contribution in [2.75, 3.05) is 38.1 Å². The molecule has 23 heavy (non-hydrogen) atoms. The molecule has 8 nitrogen and oxygen atoms in total. The van der Waals surface area contributed by atoms with E-state index >= 15 is 0 Å². The number of hydrogen-bond acceptors (Lipinski definition) is 4. The molecule has 2 aromatic rings. The number of aromatic nitrogens is 4. The van der Waals surface area contributed by atoms with Crippen molar-refractivity contribution in [1.82, 2.24) is 29.1 Å². The van der Waals surface area contributed by atoms with Crippen LogP contribution in [0.4, 0.5) is 10.5 Å². The molecule has 0 unspecified atom stereocenters. The number of anilines is 1. The Hall–Kier alpha value is -2.35. The van der Waals surface area contributed by atoms with Crippen LogP contribution in [0.2, 0.25) is 0 Å². The van der Waals surface area contributed by atoms with Gasteiger partial charge >= 0.3 is 6.03 Å². The molecule has 0 bridgehead atoms. The number of urea groups is 1. The number of imidazole rings is 1. The third-order valence-corrected chi connectivity index (χ3v) is 4.57. The molecule has 0 N–H and O–H groups in total. The quantitative estimate of drug-likeness (QED) is 0.826. The Labute approximate surface area is 134 Å². The third kappa shape index (κ3) is 2.59. The van der Waals surface area contributed by atoms with E-state index in [1.54, 1.807) is 16.0 Å². The Kier molecular flexibility index (Phi) is 3.33. The summed E-state index contributed by atoms with van der Waals surface area (Å²) in [6.07, 6.45) is 7.66. The lowest BCUT2D eigenvalue weighted by Gasteiger charge is -2.38. The molecule has 2 fully saturated rings. The maximum absolute atomic E-state index is 12.0. The van der Waals surface area contributed by atoms with Crippen LogP contribution in [-0.4, -0.2) is 68.4 Å². The molecule has 0 aromatic carbocycles. The van der Waals surface area contributed by atoms with E-state index in [1.807, 2.05) is 35.9 Å². The highest BCUT2D eigenvalue weighted by Gasteiger charge is 2.31. The van der Waals surface area contributed by atoms with Gasteiger partial charge in [-0.15, -0.1) is 0 Å². The summed E-state index contributed by atoms with van der Waals surface area (Å²) in [6, 6.07) is 0.429. The van der Waals surface area contributed by atoms with E-state index in [0.717, 1.165) is 44.1 Å². The van der Waals surface area contributed by atoms with Gasteiger partial charge in [0.2, 0.25) is 0 Å². The first-order valence-electron chi connectivity index (χ1n) is 7.86. The number of carbonyl (C=O) groups is 1. The minimum atomic E-state index is 0.0509. The van der Waals surface area contributed by atoms with E-state index in [9.17, 15) is 4.79 Å². The van der Waals surface area contributed by atoms with Gasteiger partial charge in [-0.1, -0.05) is 0 Å². The first-order chi connectivity index (χ1) is 11.1. The number of rotatable bonds is 4. The van der Waals surface area contributed by atoms with Gasteiger partial charge in [-0.05, 0) is 0 Å². The van der Waals surface area contributed by atoms with Gasteiger partial charge in [0.1, 0.15) is 0 Å². The Morgan fingerprint density at radius 3 is 2.70 bits per heavy atom. The molecular weight excluding hydrogens is 294 g/mol. The largest absolute Gasteiger partial charge is 0.340 e. The van der Waals surface area contributed by atoms with Gasteiger partial charge in [-0.3, -0.25) is 14.5 Å². The van der Waals surface area contributed by atoms with Crippen LogP contribution in [0.5, 0.6) is 0 Å². The van der Waals surface area contributed by atoms with Gasteiger partial charge in [0.25, 0.3) is 0 Å². The zero-order chi connectivity index (χ0) is 16.0. The molecule has 2 saturated heterocycles. The molecule has 2 aromatic heterocycles. The average molecular weight is 315 g/mol. The van der Waals surface area contributed by atoms with Crippen LogP contribution in [0, 0.1) is 0 Å². The Bertz CT molecular complexity index is 715. The summed E-state index contributed by atoms with van der Waals surface area (Å²) < 4.78 is 3.95. The molecule has 0 radical (unpaired) electrons. The van der Waals surface area contributed by atoms with Gasteiger partial charge in [0.15, 0.2) is 0 Å². The van der Waals surface area contributed by atoms with Crippen molar-refractivity contribution in [3.8, 4) is 0 Å². The number of likely N-dealkylation sites (tertiary alicyclic amines) is 1. The molecule has 2 aliphatic rings. The van der Waals surface area contributed by atoms with E-state index in [4.69, 9.17) is 0 Å². The lowest BCUT2D eigenvalue weighted by atomic mass is 10.1. The smallest absolute Gasteiger partial charge is 0.324 e. The molecule has 2 amide bonds. The first kappa shape index (κ1) is 14.3. The Morgan fingerprint density at radius 2 is 2.04 bits per heavy atom. The number of carbonyl (C=O) groups excluding carboxylic acids is 1. The Morgan fingerprint density at radius 1 is 1.22 bits per heavy atom. The maximum atomic E-state index is 12.0. The fourth-order valence-electron chi connectivity index (χ4n) is 3.17. The number of nitrogens with zero attached hydrogens (tertiary/aromatic N) is 7. The molecule has 4 rings (SSSR count). The van der Waals surface area contributed by atoms with Gasteiger partial charge in [-0.2, -0.15) is 5.10 Å². The second-order valence-electron chi connectivity index (χ2n) is 6.41. The Balaban J connectivity index is 1.35. The lowest BCUT2D eigenvalue weighted by molar-refractivity contribution is 0.0897. The van der Waals surface area contributed by atoms with Crippen molar-refractivity contribution in [3.05, 3.63) is 30.6 Å². The topological polar surface area (TPSA) is 62.4 Å². The number of hydrogen-bond donors (Lipinski definition) is 0. The number of aryl methyl sites for hydroxylation is 1. The van der Waals surface area contributed by atoms with Crippen LogP contribution in [0.3, 0.4) is 0 Å². The van der Waals surface area contributed by atoms with Crippen molar-refractivity contribution in [3.63, 3.8) is 0 Å². The summed E-state index contributed by atoms with van der Waals surface area (Å²) in [6.45, 7) is 4.31. The predicted molar refractivity (Wildman–Crippen MR) is 85.1 cm³/mol. The normalized spacial score (nSPS) is 19.7. The van der Waals surface area contributed by atoms with E-state index in [0.29, 0.717) is 6.04 Å². The SMILES string of the molecule is CN1CCN(c2cnn(C3CN(Cc4cn(C)cn4)C3)c2)C1=O. The van der Waals surface area contributed by atoms with E-state index in [1.165, 1.54) is 0 Å². The average Bonchev–Trinajstić information content (AvgIpc) is 3.17. The van der Waals surface area contributed by atoms with Crippen molar-refractivity contribution in [2.45, 2.75) is 12.6 Å². The number of amides is 2. The fraction of sp³-hybridized carbons (Fsp3) is 0.533. The van der Waals surface area contributed by atoms with Crippen LogP contribution in [0.1, 0.15) is 11.7 Å². The third-order valence-electron chi connectivity index (χ3n) is 4.57. The molecule has 0 saturated carbocycles. The van der Waals surface area contributed by atoms with Crippen molar-refractivity contribution >= 4 is 11.7 Å². The molecule has 4 heterocycles. The van der Waals surface area contributed by atoms with Crippen LogP contribution < -0.4 is 4.90 Å². The minimum Gasteiger partial charge on any atom is -0.340 e. The van der Waals surface area contributed by atoms with Gasteiger partial charge in [0, 0.05) is 59.2 Å². The second-order valence-corrected chi connectivity index (χ2v) is 6.41. The highest BCUT2D eigenvalue weighted by Crippen LogP contribution is 2.25. The summed E-state index contributed by atoms with van der Waals surface area (Å²) in [5, 5.41) is 4.45. The summed E-state index contributed by atoms with van der Waals surface area (Å²) >= 11 is 0. The van der Waals surface area contributed by atoms with Gasteiger partial charge < -0.3 is 9.47 Å². The maximum Gasteiger partial charge on any atom is 0.324 e. The lowest BCUT2D eigenvalue weighted by Crippen LogP contribution is -2.47. The van der Waals surface area contributed by atoms with E-state index in [2.05, 4.69) is 21.2 Å². The molecule has 122 valence electrons. The first-order valence-corrected chi connectivity index (χ1v) is 7.86. The van der Waals surface area contributed by atoms with Gasteiger partial charge in [0.05, 0.1) is 29.9 Å². The minimum absolute atomic E-state index is 0.0509. The van der Waals surface area contributed by atoms with Crippen LogP contribution in [0.15, 0.2) is 24.9 Å². The number of likely N-dealkylation sites (N-methyl/N-ethyl adjacent to an activating group) is 1. The van der Waals surface area contributed by atoms with Crippen molar-refractivity contribution in [1.29, 1.82) is 0 Å². The summed E-state index contributed by atoms with van der Waals surface area (Å²) in [5.41, 5.74) is 1.99. The monoisotopic (exact) mass is 315 g/mol. The summed E-state index contributed by atoms with van der Waals surface area (Å²) in [5.74, 6) is 0. The molecule has 0 atom stereocenters. The standard InChI is InChI=1S/C15H21N7O/c1-18-6-12(16-11-18)7-20-8-14(9-20)22-10-13(5-17-22)21-4-3-19(2)15(21)23/h5-6,10-11,14H,3-4,7-9H2,1-2H3. The summed E-state index contributed by atoms with van der Waals surface area (Å²) in [7, 11) is 3.81.